The normalized spacial score (nSPS) is 7.68. The maximum Gasteiger partial charge on any atom is 1.00 e. The van der Waals surface area contributed by atoms with E-state index in [2.05, 4.69) is 0 Å². The van der Waals surface area contributed by atoms with Crippen LogP contribution in [-0.2, 0) is 24.1 Å². The van der Waals surface area contributed by atoms with Gasteiger partial charge in [0.25, 0.3) is 0 Å². The fourth-order valence-corrected chi connectivity index (χ4v) is 1.21. The summed E-state index contributed by atoms with van der Waals surface area (Å²) in [5.41, 5.74) is 0. The zero-order valence-corrected chi connectivity index (χ0v) is 22.5. The van der Waals surface area contributed by atoms with E-state index < -0.39 is 10.9 Å². The van der Waals surface area contributed by atoms with Crippen LogP contribution in [-0.4, -0.2) is 41.8 Å². The van der Waals surface area contributed by atoms with Crippen molar-refractivity contribution in [1.82, 2.24) is 9.21 Å². The molecular formula is C11H28N2O3Rb2S. The quantitative estimate of drug-likeness (QED) is 0.243. The largest absolute Gasteiger partial charge is 1.00 e. The minimum Gasteiger partial charge on any atom is -0.520 e. The van der Waals surface area contributed by atoms with E-state index >= 15 is 0 Å². The van der Waals surface area contributed by atoms with Crippen molar-refractivity contribution in [3.63, 3.8) is 0 Å². The Balaban J connectivity index is -0.0000000369. The van der Waals surface area contributed by atoms with Gasteiger partial charge in [0.05, 0.1) is 0 Å². The predicted molar refractivity (Wildman–Crippen MR) is 73.7 cm³/mol. The average molecular weight is 439 g/mol. The van der Waals surface area contributed by atoms with E-state index in [1.807, 2.05) is 13.8 Å². The molecule has 0 fully saturated rings. The molecule has 19 heavy (non-hydrogen) atoms. The van der Waals surface area contributed by atoms with Crippen LogP contribution in [0.3, 0.4) is 0 Å². The Morgan fingerprint density at radius 2 is 1.16 bits per heavy atom. The fraction of sp³-hybridized carbons (Fsp3) is 0.909. The molecule has 5 nitrogen and oxygen atoms in total. The van der Waals surface area contributed by atoms with Gasteiger partial charge in [0.1, 0.15) is 0 Å². The monoisotopic (exact) mass is 438 g/mol. The molecule has 0 radical (unpaired) electrons. The van der Waals surface area contributed by atoms with Crippen molar-refractivity contribution in [3.8, 4) is 0 Å². The van der Waals surface area contributed by atoms with Crippen molar-refractivity contribution in [2.24, 2.45) is 0 Å². The molecule has 0 aliphatic rings. The van der Waals surface area contributed by atoms with Crippen LogP contribution in [0.25, 0.3) is 0 Å². The van der Waals surface area contributed by atoms with Crippen LogP contribution in [0.4, 0.5) is 0 Å². The van der Waals surface area contributed by atoms with Crippen LogP contribution in [0.2, 0.25) is 0 Å². The Labute approximate surface area is 219 Å². The maximum absolute atomic E-state index is 10.1. The van der Waals surface area contributed by atoms with Crippen molar-refractivity contribution in [1.29, 1.82) is 0 Å². The van der Waals surface area contributed by atoms with Gasteiger partial charge in [0.15, 0.2) is 0 Å². The van der Waals surface area contributed by atoms with Gasteiger partial charge in [-0.3, -0.25) is 0 Å². The van der Waals surface area contributed by atoms with Gasteiger partial charge in [-0.05, 0) is 37.1 Å². The number of hydrogen-bond donors (Lipinski definition) is 0. The summed E-state index contributed by atoms with van der Waals surface area (Å²) >= 11 is 0. The number of nitrogens with zero attached hydrogens (tertiary/aromatic N) is 2. The molecule has 0 aromatic heterocycles. The van der Waals surface area contributed by atoms with Crippen LogP contribution < -0.4 is 116 Å². The van der Waals surface area contributed by atoms with Crippen LogP contribution in [0.5, 0.6) is 0 Å². The summed E-state index contributed by atoms with van der Waals surface area (Å²) in [4.78, 5) is 11.3. The SMILES string of the molecule is C.C.CCN(CC)[S-](=O)=O.CCN([C-]=O)CC.[Rb+].[Rb+]. The summed E-state index contributed by atoms with van der Waals surface area (Å²) in [5.74, 6) is 0. The van der Waals surface area contributed by atoms with E-state index in [9.17, 15) is 13.2 Å². The van der Waals surface area contributed by atoms with Gasteiger partial charge in [-0.1, -0.05) is 42.5 Å². The topological polar surface area (TPSA) is 57.7 Å². The van der Waals surface area contributed by atoms with Gasteiger partial charge in [0.2, 0.25) is 0 Å². The molecular weight excluding hydrogens is 411 g/mol. The van der Waals surface area contributed by atoms with E-state index in [-0.39, 0.29) is 131 Å². The standard InChI is InChI=1S/C5H10NO.C4H10NO2S.2CH4.2Rb/c1-3-6(4-2)5-7;1-3-5(4-2)8(6)7;;;;/h3-4H2,1-2H3;3-4H2,1-2H3;2*1H4;;/q2*-1;;;2*+1. The van der Waals surface area contributed by atoms with E-state index in [4.69, 9.17) is 0 Å². The van der Waals surface area contributed by atoms with E-state index in [1.54, 1.807) is 25.2 Å². The van der Waals surface area contributed by atoms with Crippen molar-refractivity contribution in [2.75, 3.05) is 26.2 Å². The molecule has 0 N–H and O–H groups in total. The third kappa shape index (κ3) is 26.2. The van der Waals surface area contributed by atoms with Crippen LogP contribution in [0, 0.1) is 0 Å². The Bertz CT molecular complexity index is 214. The number of amides is 1. The molecule has 108 valence electrons. The summed E-state index contributed by atoms with van der Waals surface area (Å²) in [5, 5.41) is 0. The van der Waals surface area contributed by atoms with Crippen LogP contribution in [0.1, 0.15) is 42.5 Å². The molecule has 0 aromatic rings. The Kier molecular flexibility index (Phi) is 58.0. The molecule has 0 aliphatic carbocycles. The first-order valence-electron chi connectivity index (χ1n) is 5.04. The second-order valence-corrected chi connectivity index (χ2v) is 3.55. The molecule has 0 saturated carbocycles. The van der Waals surface area contributed by atoms with Gasteiger partial charge in [-0.2, -0.15) is 6.41 Å². The molecule has 0 aliphatic heterocycles. The minimum atomic E-state index is -2.02. The molecule has 8 heteroatoms. The summed E-state index contributed by atoms with van der Waals surface area (Å²) < 4.78 is 21.5. The van der Waals surface area contributed by atoms with Gasteiger partial charge < -0.3 is 22.4 Å². The van der Waals surface area contributed by atoms with Gasteiger partial charge in [0, 0.05) is 0 Å². The fourth-order valence-electron chi connectivity index (χ4n) is 0.787. The summed E-state index contributed by atoms with van der Waals surface area (Å²) in [6.45, 7) is 10.1. The number of rotatable bonds is 6. The van der Waals surface area contributed by atoms with Crippen molar-refractivity contribution >= 4 is 17.3 Å². The first-order valence-corrected chi connectivity index (χ1v) is 6.07. The number of hydrogen-bond acceptors (Lipinski definition) is 4. The average Bonchev–Trinajstić information content (AvgIpc) is 2.22. The zero-order chi connectivity index (χ0) is 12.3. The predicted octanol–water partition coefficient (Wildman–Crippen LogP) is -3.77. The molecule has 0 rings (SSSR count). The Morgan fingerprint density at radius 1 is 0.842 bits per heavy atom. The smallest absolute Gasteiger partial charge is 0.520 e. The third-order valence-corrected chi connectivity index (χ3v) is 2.75. The van der Waals surface area contributed by atoms with E-state index in [1.165, 1.54) is 4.31 Å². The molecule has 0 saturated heterocycles. The third-order valence-electron chi connectivity index (χ3n) is 1.81. The first kappa shape index (κ1) is 37.9. The van der Waals surface area contributed by atoms with Gasteiger partial charge >= 0.3 is 116 Å². The second kappa shape index (κ2) is 29.1. The summed E-state index contributed by atoms with van der Waals surface area (Å²) in [6.07, 6.45) is 1.78. The molecule has 0 aromatic carbocycles. The summed E-state index contributed by atoms with van der Waals surface area (Å²) in [7, 11) is -2.02. The molecule has 1 amide bonds. The molecule has 0 spiro atoms. The number of carbonyl (C=O) groups excluding carboxylic acids is 1. The molecule has 0 unspecified atom stereocenters. The summed E-state index contributed by atoms with van der Waals surface area (Å²) in [6, 6.07) is 0. The van der Waals surface area contributed by atoms with Crippen molar-refractivity contribution < 1.29 is 130 Å². The van der Waals surface area contributed by atoms with E-state index in [0.717, 1.165) is 13.1 Å². The first-order chi connectivity index (χ1) is 7.06. The molecule has 0 atom stereocenters. The minimum absolute atomic E-state index is 0. The van der Waals surface area contributed by atoms with Crippen LogP contribution >= 0.6 is 0 Å². The van der Waals surface area contributed by atoms with Gasteiger partial charge in [-0.15, -0.1) is 0 Å². The van der Waals surface area contributed by atoms with Gasteiger partial charge in [-0.25, -0.2) is 0 Å². The van der Waals surface area contributed by atoms with Crippen LogP contribution in [0.15, 0.2) is 0 Å². The Hall–Kier alpha value is 2.99. The van der Waals surface area contributed by atoms with Crippen molar-refractivity contribution in [2.45, 2.75) is 42.5 Å². The van der Waals surface area contributed by atoms with Crippen molar-refractivity contribution in [3.05, 3.63) is 0 Å². The maximum atomic E-state index is 10.1. The molecule has 0 bridgehead atoms. The zero-order valence-electron chi connectivity index (χ0n) is 11.9. The molecule has 0 heterocycles. The van der Waals surface area contributed by atoms with E-state index in [0.29, 0.717) is 13.1 Å². The Morgan fingerprint density at radius 3 is 1.16 bits per heavy atom. The second-order valence-electron chi connectivity index (χ2n) is 2.59.